The fourth-order valence-corrected chi connectivity index (χ4v) is 11.4. The highest BCUT2D eigenvalue weighted by Gasteiger charge is 2.71. The van der Waals surface area contributed by atoms with Crippen LogP contribution < -0.4 is 0 Å². The van der Waals surface area contributed by atoms with E-state index in [1.54, 1.807) is 0 Å². The zero-order chi connectivity index (χ0) is 27.8. The van der Waals surface area contributed by atoms with E-state index in [-0.39, 0.29) is 38.9 Å². The van der Waals surface area contributed by atoms with E-state index in [0.717, 1.165) is 56.5 Å². The lowest BCUT2D eigenvalue weighted by Gasteiger charge is -2.69. The van der Waals surface area contributed by atoms with Crippen LogP contribution in [0.1, 0.15) is 110 Å². The molecule has 0 radical (unpaired) electrons. The predicted molar refractivity (Wildman–Crippen MR) is 148 cm³/mol. The van der Waals surface area contributed by atoms with Crippen LogP contribution in [0.4, 0.5) is 0 Å². The molecule has 2 heterocycles. The van der Waals surface area contributed by atoms with Gasteiger partial charge in [0.25, 0.3) is 0 Å². The highest BCUT2D eigenvalue weighted by molar-refractivity contribution is 5.95. The molecule has 6 heteroatoms. The van der Waals surface area contributed by atoms with Gasteiger partial charge in [0.05, 0.1) is 6.20 Å². The zero-order valence-electron chi connectivity index (χ0n) is 25.1. The fraction of sp³-hybridized carbons (Fsp3) is 0.758. The molecule has 0 aliphatic heterocycles. The van der Waals surface area contributed by atoms with E-state index < -0.39 is 0 Å². The first-order valence-corrected chi connectivity index (χ1v) is 15.3. The lowest BCUT2D eigenvalue weighted by atomic mass is 9.33. The monoisotopic (exact) mass is 531 g/mol. The molecule has 7 rings (SSSR count). The van der Waals surface area contributed by atoms with Gasteiger partial charge in [-0.15, -0.1) is 0 Å². The Kier molecular flexibility index (Phi) is 5.10. The van der Waals surface area contributed by atoms with Gasteiger partial charge in [-0.1, -0.05) is 64.4 Å². The number of aromatic nitrogens is 3. The average molecular weight is 532 g/mol. The Bertz CT molecular complexity index is 1390. The maximum Gasteiger partial charge on any atom is 0.223 e. The third-order valence-corrected chi connectivity index (χ3v) is 13.7. The average Bonchev–Trinajstić information content (AvgIpc) is 3.53. The van der Waals surface area contributed by atoms with Crippen molar-refractivity contribution < 1.29 is 13.8 Å². The summed E-state index contributed by atoms with van der Waals surface area (Å²) in [5.74, 6) is 4.46. The lowest BCUT2D eigenvalue weighted by Crippen LogP contribution is -2.66. The third kappa shape index (κ3) is 2.94. The van der Waals surface area contributed by atoms with Crippen LogP contribution >= 0.6 is 0 Å². The molecule has 0 saturated heterocycles. The van der Waals surface area contributed by atoms with E-state index in [2.05, 4.69) is 64.9 Å². The SMILES string of the molecule is Cc1nc([C@]23CC[C@@H](C)[C@H](C)[C@H]2[C@H]2C(=O)C=C4[C@@]5(C)Cc6cnoc6C(C)(C)[C@@H]5CC[C@@]4(C)[C@]2(C)CC3)no1. The highest BCUT2D eigenvalue weighted by Crippen LogP contribution is 2.74. The minimum Gasteiger partial charge on any atom is -0.361 e. The van der Waals surface area contributed by atoms with E-state index in [9.17, 15) is 4.79 Å². The van der Waals surface area contributed by atoms with Crippen molar-refractivity contribution in [2.75, 3.05) is 0 Å². The van der Waals surface area contributed by atoms with Gasteiger partial charge in [0, 0.05) is 29.2 Å². The van der Waals surface area contributed by atoms with Gasteiger partial charge in [-0.25, -0.2) is 0 Å². The molecular weight excluding hydrogens is 486 g/mol. The van der Waals surface area contributed by atoms with Crippen LogP contribution in [-0.2, 0) is 22.0 Å². The smallest absolute Gasteiger partial charge is 0.223 e. The Morgan fingerprint density at radius 1 is 0.974 bits per heavy atom. The number of allylic oxidation sites excluding steroid dienone is 2. The van der Waals surface area contributed by atoms with Gasteiger partial charge in [-0.05, 0) is 90.9 Å². The molecule has 0 spiro atoms. The summed E-state index contributed by atoms with van der Waals surface area (Å²) in [7, 11) is 0. The number of hydrogen-bond donors (Lipinski definition) is 0. The summed E-state index contributed by atoms with van der Waals surface area (Å²) in [5, 5.41) is 8.75. The van der Waals surface area contributed by atoms with Gasteiger partial charge in [-0.2, -0.15) is 4.98 Å². The number of hydrogen-bond acceptors (Lipinski definition) is 6. The van der Waals surface area contributed by atoms with Crippen LogP contribution in [0.2, 0.25) is 0 Å². The Labute approximate surface area is 232 Å². The van der Waals surface area contributed by atoms with Crippen molar-refractivity contribution >= 4 is 5.78 Å². The molecule has 2 aromatic heterocycles. The zero-order valence-corrected chi connectivity index (χ0v) is 25.1. The van der Waals surface area contributed by atoms with Crippen molar-refractivity contribution in [3.63, 3.8) is 0 Å². The van der Waals surface area contributed by atoms with E-state index in [4.69, 9.17) is 14.0 Å². The topological polar surface area (TPSA) is 82.0 Å². The molecular formula is C33H45N3O3. The number of aryl methyl sites for hydroxylation is 1. The first-order chi connectivity index (χ1) is 18.3. The van der Waals surface area contributed by atoms with Crippen LogP contribution in [0.25, 0.3) is 0 Å². The van der Waals surface area contributed by atoms with Gasteiger partial charge in [-0.3, -0.25) is 4.79 Å². The number of fused-ring (bicyclic) bond motifs is 8. The normalized spacial score (nSPS) is 46.3. The van der Waals surface area contributed by atoms with E-state index in [1.165, 1.54) is 11.1 Å². The molecule has 9 atom stereocenters. The van der Waals surface area contributed by atoms with Crippen LogP contribution in [0.3, 0.4) is 0 Å². The molecule has 0 amide bonds. The second-order valence-corrected chi connectivity index (χ2v) is 15.5. The maximum atomic E-state index is 14.7. The summed E-state index contributed by atoms with van der Waals surface area (Å²) in [6, 6.07) is 0. The summed E-state index contributed by atoms with van der Waals surface area (Å²) in [4.78, 5) is 19.5. The molecule has 2 aromatic rings. The Morgan fingerprint density at radius 2 is 1.74 bits per heavy atom. The van der Waals surface area contributed by atoms with E-state index in [0.29, 0.717) is 29.4 Å². The summed E-state index contributed by atoms with van der Waals surface area (Å²) in [6.07, 6.45) is 11.5. The lowest BCUT2D eigenvalue weighted by molar-refractivity contribution is -0.164. The van der Waals surface area contributed by atoms with Crippen molar-refractivity contribution in [3.05, 3.63) is 40.9 Å². The Balaban J connectivity index is 1.40. The van der Waals surface area contributed by atoms with Crippen molar-refractivity contribution in [3.8, 4) is 0 Å². The van der Waals surface area contributed by atoms with Gasteiger partial charge in [0.15, 0.2) is 11.6 Å². The molecule has 210 valence electrons. The maximum absolute atomic E-state index is 14.7. The van der Waals surface area contributed by atoms with Crippen LogP contribution in [0.5, 0.6) is 0 Å². The summed E-state index contributed by atoms with van der Waals surface area (Å²) in [6.45, 7) is 18.7. The highest BCUT2D eigenvalue weighted by atomic mass is 16.5. The van der Waals surface area contributed by atoms with Gasteiger partial charge >= 0.3 is 0 Å². The summed E-state index contributed by atoms with van der Waals surface area (Å²) >= 11 is 0. The molecule has 0 N–H and O–H groups in total. The second kappa shape index (κ2) is 7.73. The molecule has 0 bridgehead atoms. The largest absolute Gasteiger partial charge is 0.361 e. The molecule has 0 unspecified atom stereocenters. The molecule has 0 aromatic carbocycles. The molecule has 6 nitrogen and oxygen atoms in total. The number of ketones is 1. The minimum absolute atomic E-state index is 0.0283. The quantitative estimate of drug-likeness (QED) is 0.388. The minimum atomic E-state index is -0.184. The number of nitrogens with zero attached hydrogens (tertiary/aromatic N) is 3. The fourth-order valence-electron chi connectivity index (χ4n) is 11.4. The van der Waals surface area contributed by atoms with Crippen molar-refractivity contribution in [1.29, 1.82) is 0 Å². The molecule has 3 fully saturated rings. The Hall–Kier alpha value is -2.24. The number of carbonyl (C=O) groups excluding carboxylic acids is 1. The van der Waals surface area contributed by atoms with Crippen LogP contribution in [0.15, 0.2) is 26.9 Å². The molecule has 3 saturated carbocycles. The predicted octanol–water partition coefficient (Wildman–Crippen LogP) is 7.17. The van der Waals surface area contributed by atoms with Crippen molar-refractivity contribution in [1.82, 2.24) is 15.3 Å². The van der Waals surface area contributed by atoms with Crippen molar-refractivity contribution in [2.45, 2.75) is 111 Å². The second-order valence-electron chi connectivity index (χ2n) is 15.5. The van der Waals surface area contributed by atoms with Gasteiger partial charge < -0.3 is 9.05 Å². The van der Waals surface area contributed by atoms with E-state index in [1.807, 2.05) is 13.1 Å². The number of rotatable bonds is 1. The van der Waals surface area contributed by atoms with E-state index >= 15 is 0 Å². The third-order valence-electron chi connectivity index (χ3n) is 13.7. The standard InChI is InChI=1S/C33H45N3O3/c1-18-9-12-33(28-35-20(3)38-36-28)14-13-32(8)26(25(33)19(18)2)22(37)15-24-30(6)16-21-17-34-39-27(21)29(4,5)23(30)10-11-31(24,32)7/h15,17-19,23,25-26H,9-14,16H2,1-8H3/t18-,19+,23+,25+,26-,30+,31-,32-,33+/m1/s1. The number of carbonyl (C=O) groups is 1. The first kappa shape index (κ1) is 25.7. The summed E-state index contributed by atoms with van der Waals surface area (Å²) in [5.41, 5.74) is 2.07. The molecule has 39 heavy (non-hydrogen) atoms. The van der Waals surface area contributed by atoms with Crippen LogP contribution in [-0.4, -0.2) is 21.1 Å². The van der Waals surface area contributed by atoms with Gasteiger partial charge in [0.2, 0.25) is 5.89 Å². The summed E-state index contributed by atoms with van der Waals surface area (Å²) < 4.78 is 11.4. The van der Waals surface area contributed by atoms with Gasteiger partial charge in [0.1, 0.15) is 5.76 Å². The first-order valence-electron chi connectivity index (χ1n) is 15.3. The van der Waals surface area contributed by atoms with Crippen molar-refractivity contribution in [2.24, 2.45) is 45.8 Å². The van der Waals surface area contributed by atoms with Crippen LogP contribution in [0, 0.1) is 52.8 Å². The molecule has 5 aliphatic carbocycles. The Morgan fingerprint density at radius 3 is 2.46 bits per heavy atom. The molecule has 5 aliphatic rings.